The van der Waals surface area contributed by atoms with Gasteiger partial charge in [-0.3, -0.25) is 0 Å². The van der Waals surface area contributed by atoms with E-state index in [2.05, 4.69) is 0 Å². The summed E-state index contributed by atoms with van der Waals surface area (Å²) in [6, 6.07) is 0. The van der Waals surface area contributed by atoms with Gasteiger partial charge in [0.2, 0.25) is 0 Å². The van der Waals surface area contributed by atoms with Gasteiger partial charge in [-0.1, -0.05) is 13.0 Å². The Kier molecular flexibility index (Phi) is 5.32. The van der Waals surface area contributed by atoms with Crippen molar-refractivity contribution >= 4 is 0 Å². The van der Waals surface area contributed by atoms with Crippen molar-refractivity contribution in [2.24, 2.45) is 0 Å². The van der Waals surface area contributed by atoms with Crippen molar-refractivity contribution in [1.82, 2.24) is 0 Å². The highest BCUT2D eigenvalue weighted by Gasteiger charge is 1.96. The van der Waals surface area contributed by atoms with Crippen LogP contribution in [0.3, 0.4) is 0 Å². The first-order valence-corrected chi connectivity index (χ1v) is 3.28. The van der Waals surface area contributed by atoms with Crippen LogP contribution < -0.4 is 0 Å². The molecule has 0 rings (SSSR count). The average molecular weight is 130 g/mol. The van der Waals surface area contributed by atoms with Crippen LogP contribution in [0.5, 0.6) is 0 Å². The zero-order valence-corrected chi connectivity index (χ0v) is 5.75. The van der Waals surface area contributed by atoms with E-state index in [1.54, 1.807) is 6.08 Å². The topological polar surface area (TPSA) is 40.5 Å². The van der Waals surface area contributed by atoms with E-state index >= 15 is 0 Å². The summed E-state index contributed by atoms with van der Waals surface area (Å²) in [7, 11) is 0. The van der Waals surface area contributed by atoms with Crippen LogP contribution in [0.4, 0.5) is 0 Å². The molecule has 0 spiro atoms. The Morgan fingerprint density at radius 1 is 1.56 bits per heavy atom. The Labute approximate surface area is 55.8 Å². The summed E-state index contributed by atoms with van der Waals surface area (Å²) < 4.78 is 0. The first-order chi connectivity index (χ1) is 4.31. The molecule has 2 nitrogen and oxygen atoms in total. The highest BCUT2D eigenvalue weighted by atomic mass is 16.3. The molecule has 0 aliphatic rings. The lowest BCUT2D eigenvalue weighted by Crippen LogP contribution is -2.02. The third-order valence-corrected chi connectivity index (χ3v) is 1.24. The van der Waals surface area contributed by atoms with Crippen molar-refractivity contribution in [3.8, 4) is 0 Å². The molecule has 0 aliphatic carbocycles. The second kappa shape index (κ2) is 5.63. The van der Waals surface area contributed by atoms with Crippen LogP contribution in [-0.2, 0) is 0 Å². The van der Waals surface area contributed by atoms with Crippen LogP contribution >= 0.6 is 0 Å². The monoisotopic (exact) mass is 130 g/mol. The normalized spacial score (nSPS) is 14.4. The molecule has 0 radical (unpaired) electrons. The molecule has 0 aromatic heterocycles. The molecule has 0 bridgehead atoms. The minimum atomic E-state index is -0.207. The van der Waals surface area contributed by atoms with E-state index in [1.165, 1.54) is 0 Å². The molecule has 2 heteroatoms. The zero-order chi connectivity index (χ0) is 7.11. The fraction of sp³-hybridized carbons (Fsp3) is 0.714. The van der Waals surface area contributed by atoms with E-state index in [9.17, 15) is 0 Å². The van der Waals surface area contributed by atoms with E-state index in [4.69, 9.17) is 10.2 Å². The summed E-state index contributed by atoms with van der Waals surface area (Å²) >= 11 is 0. The van der Waals surface area contributed by atoms with Gasteiger partial charge in [0, 0.05) is 0 Å². The molecule has 2 N–H and O–H groups in total. The van der Waals surface area contributed by atoms with Gasteiger partial charge >= 0.3 is 0 Å². The maximum absolute atomic E-state index is 8.97. The molecule has 0 aromatic rings. The molecule has 54 valence electrons. The number of hydrogen-bond donors (Lipinski definition) is 2. The van der Waals surface area contributed by atoms with Gasteiger partial charge in [-0.2, -0.15) is 0 Å². The molecule has 1 unspecified atom stereocenters. The molecule has 0 amide bonds. The van der Waals surface area contributed by atoms with Crippen LogP contribution in [0.25, 0.3) is 0 Å². The lowest BCUT2D eigenvalue weighted by atomic mass is 10.1. The zero-order valence-electron chi connectivity index (χ0n) is 5.75. The Balaban J connectivity index is 3.06. The second-order valence-corrected chi connectivity index (χ2v) is 2.02. The van der Waals surface area contributed by atoms with Crippen LogP contribution in [0.15, 0.2) is 12.3 Å². The third-order valence-electron chi connectivity index (χ3n) is 1.24. The first-order valence-electron chi connectivity index (χ1n) is 3.28. The summed E-state index contributed by atoms with van der Waals surface area (Å²) in [5.41, 5.74) is 0. The molecule has 0 aliphatic heterocycles. The summed E-state index contributed by atoms with van der Waals surface area (Å²) in [5, 5.41) is 17.2. The van der Waals surface area contributed by atoms with Gasteiger partial charge in [0.15, 0.2) is 0 Å². The third kappa shape index (κ3) is 5.37. The maximum Gasteiger partial charge on any atom is 0.0751 e. The minimum Gasteiger partial charge on any atom is -0.516 e. The largest absolute Gasteiger partial charge is 0.516 e. The second-order valence-electron chi connectivity index (χ2n) is 2.02. The highest BCUT2D eigenvalue weighted by molar-refractivity contribution is 4.72. The number of aliphatic hydroxyl groups is 2. The van der Waals surface area contributed by atoms with E-state index in [-0.39, 0.29) is 6.10 Å². The fourth-order valence-electron chi connectivity index (χ4n) is 0.567. The lowest BCUT2D eigenvalue weighted by Gasteiger charge is -2.02. The van der Waals surface area contributed by atoms with Gasteiger partial charge in [-0.05, 0) is 19.3 Å². The molecule has 0 saturated carbocycles. The number of hydrogen-bond acceptors (Lipinski definition) is 2. The maximum atomic E-state index is 8.97. The molecular weight excluding hydrogens is 116 g/mol. The molecule has 0 saturated heterocycles. The summed E-state index contributed by atoms with van der Waals surface area (Å²) in [6.45, 7) is 1.94. The van der Waals surface area contributed by atoms with Gasteiger partial charge in [0.05, 0.1) is 12.4 Å². The Hall–Kier alpha value is -0.500. The Morgan fingerprint density at radius 2 is 2.22 bits per heavy atom. The van der Waals surface area contributed by atoms with Gasteiger partial charge in [0.1, 0.15) is 0 Å². The molecule has 0 fully saturated rings. The summed E-state index contributed by atoms with van der Waals surface area (Å²) in [6.07, 6.45) is 4.74. The predicted molar refractivity (Wildman–Crippen MR) is 37.3 cm³/mol. The first kappa shape index (κ1) is 8.50. The van der Waals surface area contributed by atoms with E-state index in [0.29, 0.717) is 0 Å². The van der Waals surface area contributed by atoms with Crippen LogP contribution in [0.1, 0.15) is 26.2 Å². The number of aliphatic hydroxyl groups excluding tert-OH is 2. The van der Waals surface area contributed by atoms with Crippen LogP contribution in [-0.4, -0.2) is 16.3 Å². The van der Waals surface area contributed by atoms with E-state index < -0.39 is 0 Å². The highest BCUT2D eigenvalue weighted by Crippen LogP contribution is 2.00. The molecule has 1 atom stereocenters. The van der Waals surface area contributed by atoms with Crippen molar-refractivity contribution < 1.29 is 10.2 Å². The quantitative estimate of drug-likeness (QED) is 0.567. The predicted octanol–water partition coefficient (Wildman–Crippen LogP) is 1.61. The number of rotatable bonds is 4. The van der Waals surface area contributed by atoms with Crippen molar-refractivity contribution in [3.05, 3.63) is 12.3 Å². The summed E-state index contributed by atoms with van der Waals surface area (Å²) in [5.74, 6) is 0. The van der Waals surface area contributed by atoms with Crippen molar-refractivity contribution in [1.29, 1.82) is 0 Å². The Morgan fingerprint density at radius 3 is 2.67 bits per heavy atom. The average Bonchev–Trinajstić information content (AvgIpc) is 1.89. The summed E-state index contributed by atoms with van der Waals surface area (Å²) in [4.78, 5) is 0. The number of allylic oxidation sites excluding steroid dienone is 1. The van der Waals surface area contributed by atoms with E-state index in [1.807, 2.05) is 6.92 Å². The molecule has 9 heavy (non-hydrogen) atoms. The van der Waals surface area contributed by atoms with Gasteiger partial charge in [-0.25, -0.2) is 0 Å². The molecular formula is C7H14O2. The van der Waals surface area contributed by atoms with Gasteiger partial charge < -0.3 is 10.2 Å². The van der Waals surface area contributed by atoms with E-state index in [0.717, 1.165) is 25.5 Å². The van der Waals surface area contributed by atoms with Crippen molar-refractivity contribution in [3.63, 3.8) is 0 Å². The fourth-order valence-corrected chi connectivity index (χ4v) is 0.567. The van der Waals surface area contributed by atoms with Crippen molar-refractivity contribution in [2.75, 3.05) is 0 Å². The van der Waals surface area contributed by atoms with Crippen molar-refractivity contribution in [2.45, 2.75) is 32.3 Å². The Bertz CT molecular complexity index is 79.0. The SMILES string of the molecule is CCC(O)CCC=CO. The van der Waals surface area contributed by atoms with Crippen LogP contribution in [0.2, 0.25) is 0 Å². The molecule has 0 heterocycles. The minimum absolute atomic E-state index is 0.207. The van der Waals surface area contributed by atoms with Gasteiger partial charge in [0.25, 0.3) is 0 Å². The lowest BCUT2D eigenvalue weighted by molar-refractivity contribution is 0.161. The smallest absolute Gasteiger partial charge is 0.0751 e. The van der Waals surface area contributed by atoms with Crippen LogP contribution in [0, 0.1) is 0 Å². The standard InChI is InChI=1S/C7H14O2/c1-2-7(9)5-3-4-6-8/h4,6-9H,2-3,5H2,1H3. The van der Waals surface area contributed by atoms with Gasteiger partial charge in [-0.15, -0.1) is 0 Å². The molecule has 0 aromatic carbocycles.